The number of rotatable bonds is 12. The van der Waals surface area contributed by atoms with Crippen LogP contribution in [0.5, 0.6) is 0 Å². The summed E-state index contributed by atoms with van der Waals surface area (Å²) in [7, 11) is 0. The minimum Gasteiger partial charge on any atom is -0.461 e. The van der Waals surface area contributed by atoms with Gasteiger partial charge >= 0.3 is 23.9 Å². The molecule has 8 nitrogen and oxygen atoms in total. The van der Waals surface area contributed by atoms with Crippen LogP contribution in [0, 0.1) is 48.3 Å². The summed E-state index contributed by atoms with van der Waals surface area (Å²) in [6.45, 7) is -1.66. The van der Waals surface area contributed by atoms with Gasteiger partial charge in [-0.15, -0.1) is 0 Å². The van der Waals surface area contributed by atoms with Crippen molar-refractivity contribution in [2.45, 2.75) is 0 Å². The Labute approximate surface area is 468 Å². The van der Waals surface area contributed by atoms with E-state index >= 15 is 0 Å². The van der Waals surface area contributed by atoms with Crippen LogP contribution >= 0.6 is 271 Å². The van der Waals surface area contributed by atoms with E-state index in [1.807, 2.05) is 24.3 Å². The molecule has 0 N–H and O–H groups in total. The maximum Gasteiger partial charge on any atom is 0.339 e. The number of benzene rings is 4. The van der Waals surface area contributed by atoms with Crippen LogP contribution in [0.1, 0.15) is 41.4 Å². The zero-order chi connectivity index (χ0) is 39.4. The Kier molecular flexibility index (Phi) is 20.9. The highest BCUT2D eigenvalue weighted by Crippen LogP contribution is 2.31. The second-order valence-electron chi connectivity index (χ2n) is 10.8. The molecule has 20 heteroatoms. The smallest absolute Gasteiger partial charge is 0.339 e. The molecule has 0 spiro atoms. The predicted octanol–water partition coefficient (Wildman–Crippen LogP) is 12.7. The van der Waals surface area contributed by atoms with E-state index in [2.05, 4.69) is 271 Å². The molecule has 0 atom stereocenters. The van der Waals surface area contributed by atoms with Gasteiger partial charge in [0.2, 0.25) is 0 Å². The molecular weight excluding hydrogens is 2050 g/mol. The van der Waals surface area contributed by atoms with Crippen LogP contribution in [0.4, 0.5) is 0 Å². The Balaban J connectivity index is 1.76. The number of carbonyl (C=O) groups excluding carboxylic acids is 4. The third-order valence-corrected chi connectivity index (χ3v) is 21.6. The Bertz CT molecular complexity index is 1830. The quantitative estimate of drug-likeness (QED) is 0.0598. The van der Waals surface area contributed by atoms with Crippen molar-refractivity contribution in [3.8, 4) is 0 Å². The fourth-order valence-electron chi connectivity index (χ4n) is 4.25. The summed E-state index contributed by atoms with van der Waals surface area (Å²) in [5, 5.41) is 0. The lowest BCUT2D eigenvalue weighted by Gasteiger charge is -2.32. The topological polar surface area (TPSA) is 105 Å². The molecule has 0 fully saturated rings. The van der Waals surface area contributed by atoms with Crippen molar-refractivity contribution in [2.75, 3.05) is 26.4 Å². The molecule has 280 valence electrons. The minimum atomic E-state index is -1.52. The number of carbonyl (C=O) groups is 4. The van der Waals surface area contributed by atoms with E-state index in [9.17, 15) is 19.2 Å². The molecule has 0 heterocycles. The van der Waals surface area contributed by atoms with E-state index in [0.29, 0.717) is 36.5 Å². The van der Waals surface area contributed by atoms with E-state index in [-0.39, 0.29) is 0 Å². The Morgan fingerprint density at radius 1 is 0.358 bits per heavy atom. The summed E-state index contributed by atoms with van der Waals surface area (Å²) in [6, 6.07) is 14.6. The summed E-state index contributed by atoms with van der Waals surface area (Å²) in [5.41, 5.74) is -0.142. The average molecular weight is 2060 g/mol. The molecule has 0 bridgehead atoms. The molecule has 0 aliphatic carbocycles. The average Bonchev–Trinajstić information content (AvgIpc) is 3.09. The fourth-order valence-corrected chi connectivity index (χ4v) is 13.8. The summed E-state index contributed by atoms with van der Waals surface area (Å²) < 4.78 is 33.5. The molecule has 0 saturated heterocycles. The highest BCUT2D eigenvalue weighted by molar-refractivity contribution is 14.1. The molecule has 0 aromatic heterocycles. The molecule has 4 aromatic rings. The molecular formula is C33H16I12O8. The van der Waals surface area contributed by atoms with Crippen LogP contribution < -0.4 is 0 Å². The lowest BCUT2D eigenvalue weighted by atomic mass is 9.92. The highest BCUT2D eigenvalue weighted by atomic mass is 127. The van der Waals surface area contributed by atoms with Crippen molar-refractivity contribution in [3.05, 3.63) is 114 Å². The lowest BCUT2D eigenvalue weighted by molar-refractivity contribution is -0.0642. The minimum absolute atomic E-state index is 0.343. The predicted molar refractivity (Wildman–Crippen MR) is 302 cm³/mol. The number of ether oxygens (including phenoxy) is 4. The van der Waals surface area contributed by atoms with Gasteiger partial charge in [0.15, 0.2) is 0 Å². The number of esters is 4. The van der Waals surface area contributed by atoms with Gasteiger partial charge in [-0.05, 0) is 320 Å². The monoisotopic (exact) mass is 2060 g/mol. The molecule has 0 unspecified atom stereocenters. The van der Waals surface area contributed by atoms with Gasteiger partial charge in [0.25, 0.3) is 0 Å². The summed E-state index contributed by atoms with van der Waals surface area (Å²) in [5.74, 6) is -2.54. The van der Waals surface area contributed by atoms with E-state index in [1.54, 1.807) is 24.3 Å². The van der Waals surface area contributed by atoms with Crippen LogP contribution in [0.15, 0.2) is 48.5 Å². The van der Waals surface area contributed by atoms with Gasteiger partial charge in [-0.25, -0.2) is 19.2 Å². The lowest BCUT2D eigenvalue weighted by Crippen LogP contribution is -2.44. The Hall–Kier alpha value is 3.52. The van der Waals surface area contributed by atoms with Crippen molar-refractivity contribution >= 4 is 295 Å². The zero-order valence-corrected chi connectivity index (χ0v) is 51.6. The van der Waals surface area contributed by atoms with Crippen molar-refractivity contribution in [1.29, 1.82) is 0 Å². The van der Waals surface area contributed by atoms with Crippen LogP contribution in [-0.4, -0.2) is 50.3 Å². The first-order chi connectivity index (χ1) is 24.8. The maximum atomic E-state index is 13.7. The van der Waals surface area contributed by atoms with Gasteiger partial charge in [-0.3, -0.25) is 0 Å². The van der Waals surface area contributed by atoms with Gasteiger partial charge in [0.05, 0.1) is 22.3 Å². The largest absolute Gasteiger partial charge is 0.461 e. The van der Waals surface area contributed by atoms with Gasteiger partial charge in [0.1, 0.15) is 31.8 Å². The van der Waals surface area contributed by atoms with E-state index < -0.39 is 55.7 Å². The third-order valence-electron chi connectivity index (χ3n) is 6.89. The second-order valence-corrected chi connectivity index (χ2v) is 24.7. The van der Waals surface area contributed by atoms with E-state index in [4.69, 9.17) is 18.9 Å². The molecule has 0 radical (unpaired) electrons. The van der Waals surface area contributed by atoms with E-state index in [0.717, 1.165) is 28.6 Å². The molecule has 0 aliphatic rings. The number of halogens is 12. The fraction of sp³-hybridized carbons (Fsp3) is 0.152. The van der Waals surface area contributed by atoms with Crippen LogP contribution in [0.3, 0.4) is 0 Å². The summed E-state index contributed by atoms with van der Waals surface area (Å²) in [4.78, 5) is 54.8. The molecule has 53 heavy (non-hydrogen) atoms. The third kappa shape index (κ3) is 13.8. The molecule has 0 saturated carbocycles. The summed E-state index contributed by atoms with van der Waals surface area (Å²) in [6.07, 6.45) is 0. The second kappa shape index (κ2) is 22.6. The highest BCUT2D eigenvalue weighted by Gasteiger charge is 2.39. The first-order valence-corrected chi connectivity index (χ1v) is 27.0. The molecule has 4 rings (SSSR count). The van der Waals surface area contributed by atoms with Gasteiger partial charge < -0.3 is 18.9 Å². The molecule has 0 amide bonds. The first-order valence-electron chi connectivity index (χ1n) is 14.1. The van der Waals surface area contributed by atoms with Gasteiger partial charge in [0, 0.05) is 42.8 Å². The normalized spacial score (nSPS) is 11.2. The Morgan fingerprint density at radius 3 is 0.736 bits per heavy atom. The van der Waals surface area contributed by atoms with Crippen molar-refractivity contribution in [2.24, 2.45) is 5.41 Å². The van der Waals surface area contributed by atoms with Gasteiger partial charge in [-0.1, -0.05) is 0 Å². The SMILES string of the molecule is O=C(OCC(COC(=O)c1cc(I)cc(I)c1I)(COC(=O)c1cc(I)cc(I)c1I)COC(=O)c1cc(I)cc(I)c1I)c1cc(I)cc(I)c1I. The first kappa shape index (κ1) is 49.2. The number of hydrogen-bond acceptors (Lipinski definition) is 8. The van der Waals surface area contributed by atoms with Crippen molar-refractivity contribution in [3.63, 3.8) is 0 Å². The maximum absolute atomic E-state index is 13.7. The van der Waals surface area contributed by atoms with Gasteiger partial charge in [-0.2, -0.15) is 0 Å². The number of hydrogen-bond donors (Lipinski definition) is 0. The standard InChI is InChI=1S/C33H16I12O8/c34-13-1-17(25(42)21(38)5-13)29(46)50-9-33(10-51-30(47)18-2-14(35)6-22(39)26(18)43,11-52-31(48)19-3-15(36)7-23(40)27(19)44)12-53-32(49)20-4-16(37)8-24(41)28(20)45/h1-8H,9-12H2. The van der Waals surface area contributed by atoms with Crippen LogP contribution in [0.2, 0.25) is 0 Å². The van der Waals surface area contributed by atoms with Crippen LogP contribution in [0.25, 0.3) is 0 Å². The van der Waals surface area contributed by atoms with Crippen molar-refractivity contribution in [1.82, 2.24) is 0 Å². The van der Waals surface area contributed by atoms with Crippen LogP contribution in [-0.2, 0) is 18.9 Å². The van der Waals surface area contributed by atoms with E-state index in [1.165, 1.54) is 0 Å². The zero-order valence-electron chi connectivity index (χ0n) is 25.7. The molecule has 0 aliphatic heterocycles. The molecule has 4 aromatic carbocycles. The Morgan fingerprint density at radius 2 is 0.547 bits per heavy atom. The summed E-state index contributed by atoms with van der Waals surface area (Å²) >= 11 is 25.5. The van der Waals surface area contributed by atoms with Crippen molar-refractivity contribution < 1.29 is 38.1 Å².